The highest BCUT2D eigenvalue weighted by molar-refractivity contribution is 5.79. The highest BCUT2D eigenvalue weighted by Crippen LogP contribution is 1.89. The minimum Gasteiger partial charge on any atom is -0.478 e. The highest BCUT2D eigenvalue weighted by Gasteiger charge is 1.92. The molecule has 0 heterocycles. The number of ether oxygens (including phenoxy) is 1. The van der Waals surface area contributed by atoms with E-state index in [1.54, 1.807) is 13.8 Å². The zero-order valence-corrected chi connectivity index (χ0v) is 10.8. The summed E-state index contributed by atoms with van der Waals surface area (Å²) in [6.45, 7) is 5.99. The Bertz CT molecular complexity index is 254. The number of carboxylic acids is 1. The van der Waals surface area contributed by atoms with E-state index in [1.165, 1.54) is 6.08 Å². The molecule has 0 aliphatic heterocycles. The van der Waals surface area contributed by atoms with Gasteiger partial charge in [-0.25, -0.2) is 4.79 Å². The Labute approximate surface area is 103 Å². The molecule has 98 valence electrons. The number of hydrogen-bond acceptors (Lipinski definition) is 3. The van der Waals surface area contributed by atoms with Crippen molar-refractivity contribution in [2.24, 2.45) is 0 Å². The summed E-state index contributed by atoms with van der Waals surface area (Å²) in [6.07, 6.45) is 9.13. The molecule has 17 heavy (non-hydrogen) atoms. The number of carbonyl (C=O) groups is 2. The van der Waals surface area contributed by atoms with Gasteiger partial charge in [0, 0.05) is 12.5 Å². The number of allylic oxidation sites excluding steroid dienone is 2. The second kappa shape index (κ2) is 14.4. The van der Waals surface area contributed by atoms with Crippen molar-refractivity contribution < 1.29 is 19.4 Å². The van der Waals surface area contributed by atoms with Gasteiger partial charge < -0.3 is 9.84 Å². The lowest BCUT2D eigenvalue weighted by molar-refractivity contribution is -0.142. The van der Waals surface area contributed by atoms with Gasteiger partial charge in [0.05, 0.1) is 0 Å². The first-order chi connectivity index (χ1) is 8.08. The maximum Gasteiger partial charge on any atom is 0.327 e. The number of aliphatic carboxylic acids is 1. The Balaban J connectivity index is 0. The van der Waals surface area contributed by atoms with E-state index in [-0.39, 0.29) is 5.97 Å². The van der Waals surface area contributed by atoms with Crippen LogP contribution in [0.2, 0.25) is 0 Å². The highest BCUT2D eigenvalue weighted by atomic mass is 16.5. The summed E-state index contributed by atoms with van der Waals surface area (Å²) in [7, 11) is 0. The second-order valence-electron chi connectivity index (χ2n) is 3.13. The van der Waals surface area contributed by atoms with Crippen molar-refractivity contribution in [3.63, 3.8) is 0 Å². The van der Waals surface area contributed by atoms with Gasteiger partial charge in [-0.15, -0.1) is 0 Å². The lowest BCUT2D eigenvalue weighted by Gasteiger charge is -1.96. The molecular formula is C13H22O4. The molecule has 0 rings (SSSR count). The Morgan fingerprint density at radius 2 is 1.88 bits per heavy atom. The van der Waals surface area contributed by atoms with Gasteiger partial charge >= 0.3 is 11.9 Å². The molecule has 0 bridgehead atoms. The largest absolute Gasteiger partial charge is 0.478 e. The van der Waals surface area contributed by atoms with E-state index in [2.05, 4.69) is 6.92 Å². The van der Waals surface area contributed by atoms with Crippen LogP contribution in [0.15, 0.2) is 24.3 Å². The van der Waals surface area contributed by atoms with Gasteiger partial charge in [-0.05, 0) is 13.3 Å². The van der Waals surface area contributed by atoms with Crippen LogP contribution in [-0.2, 0) is 14.3 Å². The molecule has 4 nitrogen and oxygen atoms in total. The maximum absolute atomic E-state index is 10.6. The van der Waals surface area contributed by atoms with E-state index in [1.807, 2.05) is 12.2 Å². The molecule has 0 spiro atoms. The number of hydrogen-bond donors (Lipinski definition) is 1. The van der Waals surface area contributed by atoms with Crippen LogP contribution >= 0.6 is 0 Å². The maximum atomic E-state index is 10.6. The third kappa shape index (κ3) is 20.5. The van der Waals surface area contributed by atoms with E-state index in [9.17, 15) is 9.59 Å². The van der Waals surface area contributed by atoms with E-state index >= 15 is 0 Å². The molecule has 0 aromatic carbocycles. The zero-order chi connectivity index (χ0) is 13.5. The molecule has 0 saturated heterocycles. The summed E-state index contributed by atoms with van der Waals surface area (Å²) in [5, 5.41) is 7.83. The smallest absolute Gasteiger partial charge is 0.327 e. The summed E-state index contributed by atoms with van der Waals surface area (Å²) in [4.78, 5) is 20.1. The van der Waals surface area contributed by atoms with Crippen molar-refractivity contribution in [3.05, 3.63) is 24.3 Å². The van der Waals surface area contributed by atoms with Gasteiger partial charge in [0.25, 0.3) is 0 Å². The van der Waals surface area contributed by atoms with Crippen LogP contribution in [0.1, 0.15) is 40.0 Å². The second-order valence-corrected chi connectivity index (χ2v) is 3.13. The first-order valence-corrected chi connectivity index (χ1v) is 5.74. The molecule has 1 N–H and O–H groups in total. The fourth-order valence-electron chi connectivity index (χ4n) is 0.738. The van der Waals surface area contributed by atoms with E-state index in [4.69, 9.17) is 9.84 Å². The number of carbonyl (C=O) groups excluding carboxylic acids is 1. The Kier molecular flexibility index (Phi) is 15.1. The topological polar surface area (TPSA) is 63.6 Å². The Morgan fingerprint density at radius 3 is 2.24 bits per heavy atom. The van der Waals surface area contributed by atoms with Crippen molar-refractivity contribution in [1.29, 1.82) is 0 Å². The summed E-state index contributed by atoms with van der Waals surface area (Å²) in [5.74, 6) is -1.02. The van der Waals surface area contributed by atoms with E-state index in [0.717, 1.165) is 18.9 Å². The van der Waals surface area contributed by atoms with E-state index < -0.39 is 5.97 Å². The van der Waals surface area contributed by atoms with Crippen LogP contribution in [-0.4, -0.2) is 23.7 Å². The van der Waals surface area contributed by atoms with Crippen LogP contribution in [0.4, 0.5) is 0 Å². The zero-order valence-electron chi connectivity index (χ0n) is 10.8. The van der Waals surface area contributed by atoms with Crippen molar-refractivity contribution in [3.8, 4) is 0 Å². The van der Waals surface area contributed by atoms with Gasteiger partial charge in [-0.3, -0.25) is 4.79 Å². The van der Waals surface area contributed by atoms with Crippen molar-refractivity contribution in [2.75, 3.05) is 6.61 Å². The molecule has 0 atom stereocenters. The SMILES string of the molecule is C/C=C/C(=O)O.CCC/C=C/COC(=O)CC. The average Bonchev–Trinajstić information content (AvgIpc) is 2.29. The minimum absolute atomic E-state index is 0.133. The minimum atomic E-state index is -0.891. The predicted molar refractivity (Wildman–Crippen MR) is 67.7 cm³/mol. The molecule has 0 fully saturated rings. The van der Waals surface area contributed by atoms with Crippen molar-refractivity contribution in [2.45, 2.75) is 40.0 Å². The molecular weight excluding hydrogens is 220 g/mol. The Morgan fingerprint density at radius 1 is 1.24 bits per heavy atom. The number of rotatable bonds is 6. The lowest BCUT2D eigenvalue weighted by atomic mass is 10.3. The first kappa shape index (κ1) is 17.8. The quantitative estimate of drug-likeness (QED) is 0.442. The van der Waals surface area contributed by atoms with Crippen molar-refractivity contribution in [1.82, 2.24) is 0 Å². The summed E-state index contributed by atoms with van der Waals surface area (Å²) >= 11 is 0. The number of esters is 1. The van der Waals surface area contributed by atoms with Crippen LogP contribution in [0, 0.1) is 0 Å². The lowest BCUT2D eigenvalue weighted by Crippen LogP contribution is -2.01. The summed E-state index contributed by atoms with van der Waals surface area (Å²) < 4.78 is 4.81. The van der Waals surface area contributed by atoms with Crippen LogP contribution in [0.3, 0.4) is 0 Å². The molecule has 0 saturated carbocycles. The summed E-state index contributed by atoms with van der Waals surface area (Å²) in [6, 6.07) is 0. The van der Waals surface area contributed by atoms with Gasteiger partial charge in [-0.2, -0.15) is 0 Å². The fourth-order valence-corrected chi connectivity index (χ4v) is 0.738. The molecule has 0 radical (unpaired) electrons. The third-order valence-electron chi connectivity index (χ3n) is 1.56. The van der Waals surface area contributed by atoms with E-state index in [0.29, 0.717) is 13.0 Å². The monoisotopic (exact) mass is 242 g/mol. The first-order valence-electron chi connectivity index (χ1n) is 5.74. The van der Waals surface area contributed by atoms with Crippen LogP contribution in [0.5, 0.6) is 0 Å². The summed E-state index contributed by atoms with van der Waals surface area (Å²) in [5.41, 5.74) is 0. The molecule has 0 aliphatic rings. The van der Waals surface area contributed by atoms with Gasteiger partial charge in [0.2, 0.25) is 0 Å². The number of carboxylic acid groups (broad SMARTS) is 1. The molecule has 0 amide bonds. The van der Waals surface area contributed by atoms with Crippen molar-refractivity contribution >= 4 is 11.9 Å². The Hall–Kier alpha value is -1.58. The molecule has 4 heteroatoms. The number of unbranched alkanes of at least 4 members (excludes halogenated alkanes) is 1. The third-order valence-corrected chi connectivity index (χ3v) is 1.56. The molecule has 0 unspecified atom stereocenters. The standard InChI is InChI=1S/C9H16O2.C4H6O2/c1-3-5-6-7-8-11-9(10)4-2;1-2-3-4(5)6/h6-7H,3-5,8H2,1-2H3;2-3H,1H3,(H,5,6)/b7-6+;3-2+. The molecule has 0 aromatic heterocycles. The predicted octanol–water partition coefficient (Wildman–Crippen LogP) is 2.94. The fraction of sp³-hybridized carbons (Fsp3) is 0.538. The molecule has 0 aliphatic carbocycles. The average molecular weight is 242 g/mol. The van der Waals surface area contributed by atoms with Gasteiger partial charge in [-0.1, -0.05) is 38.5 Å². The van der Waals surface area contributed by atoms with Gasteiger partial charge in [0.15, 0.2) is 0 Å². The van der Waals surface area contributed by atoms with Crippen LogP contribution in [0.25, 0.3) is 0 Å². The normalized spacial score (nSPS) is 10.1. The van der Waals surface area contributed by atoms with Gasteiger partial charge in [0.1, 0.15) is 6.61 Å². The van der Waals surface area contributed by atoms with Crippen LogP contribution < -0.4 is 0 Å². The molecule has 0 aromatic rings.